The van der Waals surface area contributed by atoms with Gasteiger partial charge in [-0.15, -0.1) is 0 Å². The van der Waals surface area contributed by atoms with Crippen molar-refractivity contribution >= 4 is 39.1 Å². The van der Waals surface area contributed by atoms with Crippen molar-refractivity contribution in [2.24, 2.45) is 0 Å². The average molecular weight is 320 g/mol. The van der Waals surface area contributed by atoms with Gasteiger partial charge in [0.15, 0.2) is 0 Å². The van der Waals surface area contributed by atoms with Crippen LogP contribution in [0.5, 0.6) is 0 Å². The highest BCUT2D eigenvalue weighted by molar-refractivity contribution is 9.10. The summed E-state index contributed by atoms with van der Waals surface area (Å²) in [6.45, 7) is 3.53. The van der Waals surface area contributed by atoms with E-state index in [0.29, 0.717) is 4.47 Å². The quantitative estimate of drug-likeness (QED) is 0.685. The highest BCUT2D eigenvalue weighted by atomic mass is 79.9. The maximum Gasteiger partial charge on any atom is 0.271 e. The number of hydrogen-bond acceptors (Lipinski definition) is 3. The molecule has 1 aromatic rings. The van der Waals surface area contributed by atoms with Gasteiger partial charge in [-0.25, -0.2) is 0 Å². The van der Waals surface area contributed by atoms with Gasteiger partial charge >= 0.3 is 0 Å². The van der Waals surface area contributed by atoms with Crippen LogP contribution in [0.15, 0.2) is 34.3 Å². The summed E-state index contributed by atoms with van der Waals surface area (Å²) < 4.78 is 0.460. The van der Waals surface area contributed by atoms with Gasteiger partial charge in [-0.3, -0.25) is 14.9 Å². The molecule has 0 unspecified atom stereocenters. The summed E-state index contributed by atoms with van der Waals surface area (Å²) in [6.07, 6.45) is 0. The van der Waals surface area contributed by atoms with Crippen LogP contribution >= 0.6 is 27.5 Å². The van der Waals surface area contributed by atoms with Gasteiger partial charge in [-0.05, 0) is 6.07 Å². The number of nitro groups is 1. The van der Waals surface area contributed by atoms with E-state index >= 15 is 0 Å². The van der Waals surface area contributed by atoms with Crippen LogP contribution < -0.4 is 5.32 Å². The number of amides is 1. The summed E-state index contributed by atoms with van der Waals surface area (Å²) in [5.74, 6) is -0.448. The number of nitrogens with zero attached hydrogens (tertiary/aromatic N) is 1. The topological polar surface area (TPSA) is 72.2 Å². The Labute approximate surface area is 111 Å². The molecule has 0 atom stereocenters. The Morgan fingerprint density at radius 3 is 2.71 bits per heavy atom. The lowest BCUT2D eigenvalue weighted by atomic mass is 10.2. The molecule has 5 nitrogen and oxygen atoms in total. The molecule has 1 rings (SSSR count). The molecule has 0 aliphatic rings. The molecule has 90 valence electrons. The Balaban J connectivity index is 2.93. The van der Waals surface area contributed by atoms with Crippen molar-refractivity contribution in [2.45, 2.75) is 0 Å². The lowest BCUT2D eigenvalue weighted by Gasteiger charge is -2.04. The fourth-order valence-corrected chi connectivity index (χ4v) is 1.64. The number of nitrogens with one attached hydrogen (secondary N) is 1. The minimum atomic E-state index is -0.567. The lowest BCUT2D eigenvalue weighted by molar-refractivity contribution is -0.385. The molecule has 0 heterocycles. The van der Waals surface area contributed by atoms with Crippen LogP contribution in [0.1, 0.15) is 10.4 Å². The van der Waals surface area contributed by atoms with Gasteiger partial charge in [0.2, 0.25) is 0 Å². The summed E-state index contributed by atoms with van der Waals surface area (Å²) in [6, 6.07) is 3.99. The minimum Gasteiger partial charge on any atom is -0.347 e. The number of benzene rings is 1. The number of carbonyl (C=O) groups is 1. The summed E-state index contributed by atoms with van der Waals surface area (Å²) in [4.78, 5) is 21.7. The largest absolute Gasteiger partial charge is 0.347 e. The van der Waals surface area contributed by atoms with Gasteiger partial charge in [0.05, 0.1) is 11.5 Å². The molecule has 0 fully saturated rings. The molecule has 0 aromatic heterocycles. The molecule has 7 heteroatoms. The van der Waals surface area contributed by atoms with Crippen molar-refractivity contribution in [3.05, 3.63) is 50.0 Å². The fraction of sp³-hybridized carbons (Fsp3) is 0.100. The van der Waals surface area contributed by atoms with Gasteiger partial charge in [0.25, 0.3) is 11.6 Å². The zero-order valence-corrected chi connectivity index (χ0v) is 10.9. The molecule has 0 aliphatic heterocycles. The monoisotopic (exact) mass is 318 g/mol. The summed E-state index contributed by atoms with van der Waals surface area (Å²) in [5, 5.41) is 13.4. The Morgan fingerprint density at radius 2 is 2.18 bits per heavy atom. The first-order chi connectivity index (χ1) is 7.90. The van der Waals surface area contributed by atoms with Crippen molar-refractivity contribution in [2.75, 3.05) is 6.54 Å². The Morgan fingerprint density at radius 1 is 1.53 bits per heavy atom. The molecule has 0 bridgehead atoms. The summed E-state index contributed by atoms with van der Waals surface area (Å²) in [7, 11) is 0. The molecular weight excluding hydrogens is 311 g/mol. The van der Waals surface area contributed by atoms with E-state index in [4.69, 9.17) is 11.6 Å². The molecule has 1 N–H and O–H groups in total. The second-order valence-electron chi connectivity index (χ2n) is 3.16. The second-order valence-corrected chi connectivity index (χ2v) is 4.61. The van der Waals surface area contributed by atoms with E-state index in [1.165, 1.54) is 18.2 Å². The summed E-state index contributed by atoms with van der Waals surface area (Å²) in [5.41, 5.74) is 0.0261. The van der Waals surface area contributed by atoms with Crippen molar-refractivity contribution in [1.29, 1.82) is 0 Å². The smallest absolute Gasteiger partial charge is 0.271 e. The summed E-state index contributed by atoms with van der Waals surface area (Å²) >= 11 is 8.60. The SMILES string of the molecule is C=C(Cl)CNC(=O)c1cc(Br)cc([N+](=O)[O-])c1. The van der Waals surface area contributed by atoms with Gasteiger partial charge < -0.3 is 5.32 Å². The zero-order chi connectivity index (χ0) is 13.0. The predicted molar refractivity (Wildman–Crippen MR) is 68.1 cm³/mol. The van der Waals surface area contributed by atoms with Crippen LogP contribution in [0.3, 0.4) is 0 Å². The molecular formula is C10H8BrClN2O3. The normalized spacial score (nSPS) is 9.76. The molecule has 0 aliphatic carbocycles. The Kier molecular flexibility index (Phi) is 4.65. The molecule has 0 saturated carbocycles. The number of non-ortho nitro benzene ring substituents is 1. The average Bonchev–Trinajstić information content (AvgIpc) is 2.24. The van der Waals surface area contributed by atoms with Gasteiger partial charge in [0.1, 0.15) is 0 Å². The second kappa shape index (κ2) is 5.79. The molecule has 17 heavy (non-hydrogen) atoms. The highest BCUT2D eigenvalue weighted by Gasteiger charge is 2.13. The first-order valence-corrected chi connectivity index (χ1v) is 5.63. The third-order valence-electron chi connectivity index (χ3n) is 1.80. The first kappa shape index (κ1) is 13.7. The number of halogens is 2. The van der Waals surface area contributed by atoms with E-state index < -0.39 is 10.8 Å². The predicted octanol–water partition coefficient (Wildman–Crippen LogP) is 2.84. The Hall–Kier alpha value is -1.40. The van der Waals surface area contributed by atoms with E-state index in [1.807, 2.05) is 0 Å². The Bertz CT molecular complexity index is 490. The maximum absolute atomic E-state index is 11.6. The van der Waals surface area contributed by atoms with Gasteiger partial charge in [-0.1, -0.05) is 34.1 Å². The maximum atomic E-state index is 11.6. The number of carbonyl (C=O) groups excluding carboxylic acids is 1. The first-order valence-electron chi connectivity index (χ1n) is 4.46. The van der Waals surface area contributed by atoms with Crippen molar-refractivity contribution in [3.63, 3.8) is 0 Å². The van der Waals surface area contributed by atoms with Crippen LogP contribution in [-0.2, 0) is 0 Å². The van der Waals surface area contributed by atoms with Crippen molar-refractivity contribution < 1.29 is 9.72 Å². The van der Waals surface area contributed by atoms with Crippen molar-refractivity contribution in [1.82, 2.24) is 5.32 Å². The van der Waals surface area contributed by atoms with E-state index in [2.05, 4.69) is 27.8 Å². The van der Waals surface area contributed by atoms with Crippen LogP contribution in [0.25, 0.3) is 0 Å². The number of hydrogen-bond donors (Lipinski definition) is 1. The van der Waals surface area contributed by atoms with Gasteiger partial charge in [-0.2, -0.15) is 0 Å². The molecule has 0 spiro atoms. The zero-order valence-electron chi connectivity index (χ0n) is 8.57. The van der Waals surface area contributed by atoms with E-state index in [-0.39, 0.29) is 22.8 Å². The third kappa shape index (κ3) is 4.16. The van der Waals surface area contributed by atoms with Crippen LogP contribution in [-0.4, -0.2) is 17.4 Å². The minimum absolute atomic E-state index is 0.112. The van der Waals surface area contributed by atoms with Gasteiger partial charge in [0, 0.05) is 27.2 Å². The van der Waals surface area contributed by atoms with E-state index in [9.17, 15) is 14.9 Å². The van der Waals surface area contributed by atoms with Crippen LogP contribution in [0.4, 0.5) is 5.69 Å². The molecule has 0 radical (unpaired) electrons. The third-order valence-corrected chi connectivity index (χ3v) is 2.39. The molecule has 1 amide bonds. The van der Waals surface area contributed by atoms with Crippen molar-refractivity contribution in [3.8, 4) is 0 Å². The van der Waals surface area contributed by atoms with Crippen LogP contribution in [0.2, 0.25) is 0 Å². The number of nitro benzene ring substituents is 1. The standard InChI is InChI=1S/C10H8BrClN2O3/c1-6(12)5-13-10(15)7-2-8(11)4-9(3-7)14(16)17/h2-4H,1,5H2,(H,13,15). The highest BCUT2D eigenvalue weighted by Crippen LogP contribution is 2.21. The molecule has 1 aromatic carbocycles. The molecule has 0 saturated heterocycles. The van der Waals surface area contributed by atoms with Crippen LogP contribution in [0, 0.1) is 10.1 Å². The lowest BCUT2D eigenvalue weighted by Crippen LogP contribution is -2.24. The van der Waals surface area contributed by atoms with E-state index in [1.54, 1.807) is 0 Å². The van der Waals surface area contributed by atoms with E-state index in [0.717, 1.165) is 0 Å². The fourth-order valence-electron chi connectivity index (χ4n) is 1.09. The number of rotatable bonds is 4.